The van der Waals surface area contributed by atoms with E-state index in [1.165, 1.54) is 7.11 Å². The van der Waals surface area contributed by atoms with E-state index in [0.717, 1.165) is 40.9 Å². The molecule has 1 aromatic carbocycles. The molecule has 0 radical (unpaired) electrons. The summed E-state index contributed by atoms with van der Waals surface area (Å²) in [6.07, 6.45) is 1.72. The highest BCUT2D eigenvalue weighted by molar-refractivity contribution is 9.10. The van der Waals surface area contributed by atoms with Crippen LogP contribution in [0, 0.1) is 5.82 Å². The van der Waals surface area contributed by atoms with Crippen LogP contribution in [0.5, 0.6) is 5.75 Å². The Hall–Kier alpha value is -1.56. The van der Waals surface area contributed by atoms with Crippen LogP contribution in [0.1, 0.15) is 30.6 Å². The van der Waals surface area contributed by atoms with E-state index in [2.05, 4.69) is 33.3 Å². The van der Waals surface area contributed by atoms with Crippen LogP contribution < -0.4 is 10.1 Å². The SMILES string of the molecule is CCc1nn2c(c1Br)NCCC2c1ccc(OC)c(F)c1. The van der Waals surface area contributed by atoms with E-state index in [4.69, 9.17) is 4.74 Å². The van der Waals surface area contributed by atoms with Gasteiger partial charge in [0.1, 0.15) is 5.82 Å². The van der Waals surface area contributed by atoms with Gasteiger partial charge in [-0.1, -0.05) is 13.0 Å². The zero-order valence-electron chi connectivity index (χ0n) is 12.0. The molecule has 0 fully saturated rings. The van der Waals surface area contributed by atoms with Crippen LogP contribution in [0.15, 0.2) is 22.7 Å². The van der Waals surface area contributed by atoms with Gasteiger partial charge in [0.05, 0.1) is 23.3 Å². The number of hydrogen-bond acceptors (Lipinski definition) is 3. The van der Waals surface area contributed by atoms with Gasteiger partial charge in [0.2, 0.25) is 0 Å². The number of halogens is 2. The van der Waals surface area contributed by atoms with Gasteiger partial charge in [0.15, 0.2) is 11.6 Å². The average Bonchev–Trinajstić information content (AvgIpc) is 2.84. The standard InChI is InChI=1S/C15H17BrFN3O/c1-3-11-14(16)15-18-7-6-12(20(15)19-11)9-4-5-13(21-2)10(17)8-9/h4-5,8,12,18H,3,6-7H2,1-2H3. The van der Waals surface area contributed by atoms with Gasteiger partial charge in [-0.3, -0.25) is 0 Å². The van der Waals surface area contributed by atoms with Gasteiger partial charge in [0, 0.05) is 6.54 Å². The largest absolute Gasteiger partial charge is 0.494 e. The maximum Gasteiger partial charge on any atom is 0.165 e. The highest BCUT2D eigenvalue weighted by Gasteiger charge is 2.26. The van der Waals surface area contributed by atoms with Crippen LogP contribution in [-0.2, 0) is 6.42 Å². The van der Waals surface area contributed by atoms with Gasteiger partial charge in [0.25, 0.3) is 0 Å². The maximum absolute atomic E-state index is 14.0. The predicted molar refractivity (Wildman–Crippen MR) is 83.5 cm³/mol. The number of nitrogens with zero attached hydrogens (tertiary/aromatic N) is 2. The summed E-state index contributed by atoms with van der Waals surface area (Å²) in [5.74, 6) is 0.903. The Morgan fingerprint density at radius 2 is 2.33 bits per heavy atom. The predicted octanol–water partition coefficient (Wildman–Crippen LogP) is 3.76. The number of fused-ring (bicyclic) bond motifs is 1. The molecular formula is C15H17BrFN3O. The molecule has 0 spiro atoms. The fraction of sp³-hybridized carbons (Fsp3) is 0.400. The minimum atomic E-state index is -0.336. The Morgan fingerprint density at radius 3 is 3.00 bits per heavy atom. The lowest BCUT2D eigenvalue weighted by atomic mass is 10.0. The van der Waals surface area contributed by atoms with E-state index >= 15 is 0 Å². The molecule has 0 aliphatic carbocycles. The Balaban J connectivity index is 2.04. The number of rotatable bonds is 3. The maximum atomic E-state index is 14.0. The van der Waals surface area contributed by atoms with Gasteiger partial charge in [-0.25, -0.2) is 9.07 Å². The van der Waals surface area contributed by atoms with Gasteiger partial charge in [-0.05, 0) is 46.5 Å². The molecule has 1 atom stereocenters. The number of methoxy groups -OCH3 is 1. The molecule has 0 amide bonds. The smallest absolute Gasteiger partial charge is 0.165 e. The molecule has 1 N–H and O–H groups in total. The highest BCUT2D eigenvalue weighted by atomic mass is 79.9. The molecular weight excluding hydrogens is 337 g/mol. The number of anilines is 1. The first-order valence-corrected chi connectivity index (χ1v) is 7.79. The fourth-order valence-corrected chi connectivity index (χ4v) is 3.40. The molecule has 1 aliphatic rings. The van der Waals surface area contributed by atoms with Crippen molar-refractivity contribution in [3.8, 4) is 5.75 Å². The zero-order valence-corrected chi connectivity index (χ0v) is 13.6. The first kappa shape index (κ1) is 14.4. The molecule has 0 saturated carbocycles. The molecule has 1 unspecified atom stereocenters. The van der Waals surface area contributed by atoms with Crippen molar-refractivity contribution in [3.05, 3.63) is 39.7 Å². The van der Waals surface area contributed by atoms with Crippen LogP contribution in [0.4, 0.5) is 10.2 Å². The van der Waals surface area contributed by atoms with Crippen molar-refractivity contribution in [2.45, 2.75) is 25.8 Å². The number of hydrogen-bond donors (Lipinski definition) is 1. The Kier molecular flexibility index (Phi) is 3.89. The van der Waals surface area contributed by atoms with Crippen LogP contribution in [0.25, 0.3) is 0 Å². The molecule has 21 heavy (non-hydrogen) atoms. The zero-order chi connectivity index (χ0) is 15.0. The lowest BCUT2D eigenvalue weighted by molar-refractivity contribution is 0.384. The van der Waals surface area contributed by atoms with E-state index in [9.17, 15) is 4.39 Å². The molecule has 2 heterocycles. The van der Waals surface area contributed by atoms with Crippen molar-refractivity contribution in [3.63, 3.8) is 0 Å². The molecule has 4 nitrogen and oxygen atoms in total. The number of nitrogens with one attached hydrogen (secondary N) is 1. The fourth-order valence-electron chi connectivity index (χ4n) is 2.72. The summed E-state index contributed by atoms with van der Waals surface area (Å²) in [5.41, 5.74) is 1.92. The van der Waals surface area contributed by atoms with Gasteiger partial charge < -0.3 is 10.1 Å². The van der Waals surface area contributed by atoms with E-state index in [1.807, 2.05) is 10.7 Å². The number of aromatic nitrogens is 2. The second-order valence-corrected chi connectivity index (χ2v) is 5.83. The van der Waals surface area contributed by atoms with E-state index in [1.54, 1.807) is 12.1 Å². The van der Waals surface area contributed by atoms with Crippen LogP contribution in [0.2, 0.25) is 0 Å². The quantitative estimate of drug-likeness (QED) is 0.912. The van der Waals surface area contributed by atoms with Crippen molar-refractivity contribution in [1.82, 2.24) is 9.78 Å². The monoisotopic (exact) mass is 353 g/mol. The molecule has 1 aliphatic heterocycles. The van der Waals surface area contributed by atoms with Crippen LogP contribution in [0.3, 0.4) is 0 Å². The molecule has 0 saturated heterocycles. The summed E-state index contributed by atoms with van der Waals surface area (Å²) in [6.45, 7) is 2.91. The summed E-state index contributed by atoms with van der Waals surface area (Å²) >= 11 is 3.59. The third-order valence-electron chi connectivity index (χ3n) is 3.82. The topological polar surface area (TPSA) is 39.1 Å². The van der Waals surface area contributed by atoms with E-state index in [-0.39, 0.29) is 17.6 Å². The van der Waals surface area contributed by atoms with Crippen LogP contribution >= 0.6 is 15.9 Å². The Labute approximate surface area is 131 Å². The molecule has 112 valence electrons. The Bertz CT molecular complexity index is 671. The highest BCUT2D eigenvalue weighted by Crippen LogP contribution is 2.36. The van der Waals surface area contributed by atoms with E-state index in [0.29, 0.717) is 0 Å². The first-order chi connectivity index (χ1) is 10.2. The third kappa shape index (κ3) is 2.41. The lowest BCUT2D eigenvalue weighted by Crippen LogP contribution is -2.24. The molecule has 0 bridgehead atoms. The van der Waals surface area contributed by atoms with Gasteiger partial charge in [-0.2, -0.15) is 5.10 Å². The van der Waals surface area contributed by atoms with Crippen molar-refractivity contribution in [2.75, 3.05) is 19.0 Å². The van der Waals surface area contributed by atoms with Crippen LogP contribution in [-0.4, -0.2) is 23.4 Å². The van der Waals surface area contributed by atoms with E-state index < -0.39 is 0 Å². The molecule has 6 heteroatoms. The Morgan fingerprint density at radius 1 is 1.52 bits per heavy atom. The normalized spacial score (nSPS) is 17.2. The summed E-state index contributed by atoms with van der Waals surface area (Å²) in [4.78, 5) is 0. The number of ether oxygens (including phenoxy) is 1. The summed E-state index contributed by atoms with van der Waals surface area (Å²) in [5, 5.41) is 8.01. The summed E-state index contributed by atoms with van der Waals surface area (Å²) in [6, 6.07) is 5.16. The van der Waals surface area contributed by atoms with Crippen molar-refractivity contribution in [2.24, 2.45) is 0 Å². The van der Waals surface area contributed by atoms with Gasteiger partial charge >= 0.3 is 0 Å². The second kappa shape index (κ2) is 5.67. The minimum absolute atomic E-state index is 0.0401. The minimum Gasteiger partial charge on any atom is -0.494 e. The lowest BCUT2D eigenvalue weighted by Gasteiger charge is -2.26. The van der Waals surface area contributed by atoms with Gasteiger partial charge in [-0.15, -0.1) is 0 Å². The van der Waals surface area contributed by atoms with Crippen molar-refractivity contribution in [1.29, 1.82) is 0 Å². The number of aryl methyl sites for hydroxylation is 1. The summed E-state index contributed by atoms with van der Waals surface area (Å²) < 4.78 is 21.9. The molecule has 3 rings (SSSR count). The summed E-state index contributed by atoms with van der Waals surface area (Å²) in [7, 11) is 1.47. The third-order valence-corrected chi connectivity index (χ3v) is 4.65. The first-order valence-electron chi connectivity index (χ1n) is 6.99. The molecule has 2 aromatic rings. The van der Waals surface area contributed by atoms with Crippen molar-refractivity contribution >= 4 is 21.7 Å². The second-order valence-electron chi connectivity index (χ2n) is 5.03. The van der Waals surface area contributed by atoms with Crippen molar-refractivity contribution < 1.29 is 9.13 Å². The average molecular weight is 354 g/mol. The molecule has 1 aromatic heterocycles. The number of benzene rings is 1.